The molecule has 3 nitrogen and oxygen atoms in total. The van der Waals surface area contributed by atoms with Gasteiger partial charge in [0.05, 0.1) is 7.11 Å². The average molecular weight is 284 g/mol. The fraction of sp³-hybridized carbons (Fsp3) is 0.333. The van der Waals surface area contributed by atoms with E-state index < -0.39 is 6.10 Å². The van der Waals surface area contributed by atoms with Gasteiger partial charge >= 0.3 is 0 Å². The third-order valence-corrected chi connectivity index (χ3v) is 3.98. The molecular formula is C18H20O3. The first kappa shape index (κ1) is 14.0. The molecule has 2 aromatic rings. The van der Waals surface area contributed by atoms with Gasteiger partial charge in [0.1, 0.15) is 23.7 Å². The summed E-state index contributed by atoms with van der Waals surface area (Å²) in [4.78, 5) is 0. The lowest BCUT2D eigenvalue weighted by molar-refractivity contribution is 0.219. The number of aliphatic hydroxyl groups is 1. The molecule has 0 saturated carbocycles. The van der Waals surface area contributed by atoms with Crippen LogP contribution in [0.25, 0.3) is 0 Å². The Bertz CT molecular complexity index is 664. The van der Waals surface area contributed by atoms with Gasteiger partial charge in [0, 0.05) is 6.42 Å². The highest BCUT2D eigenvalue weighted by Gasteiger charge is 2.21. The van der Waals surface area contributed by atoms with Crippen LogP contribution in [-0.2, 0) is 6.42 Å². The molecule has 21 heavy (non-hydrogen) atoms. The number of benzene rings is 2. The summed E-state index contributed by atoms with van der Waals surface area (Å²) in [7, 11) is 1.65. The minimum atomic E-state index is -0.652. The zero-order valence-electron chi connectivity index (χ0n) is 12.6. The van der Waals surface area contributed by atoms with Crippen molar-refractivity contribution in [2.45, 2.75) is 32.5 Å². The van der Waals surface area contributed by atoms with Crippen LogP contribution < -0.4 is 9.47 Å². The van der Waals surface area contributed by atoms with E-state index >= 15 is 0 Å². The lowest BCUT2D eigenvalue weighted by atomic mass is 9.97. The molecule has 0 spiro atoms. The Morgan fingerprint density at radius 1 is 1.19 bits per heavy atom. The lowest BCUT2D eigenvalue weighted by Gasteiger charge is -2.14. The van der Waals surface area contributed by atoms with Gasteiger partial charge in [-0.1, -0.05) is 18.2 Å². The maximum Gasteiger partial charge on any atom is 0.123 e. The standard InChI is InChI=1S/C18H20O3/c1-11-4-5-14(10-17(11)20-3)18(19)13-6-7-16-15(9-13)8-12(2)21-16/h4-7,9-10,12,18-19H,8H2,1-3H3. The van der Waals surface area contributed by atoms with Crippen LogP contribution in [-0.4, -0.2) is 18.3 Å². The van der Waals surface area contributed by atoms with Crippen LogP contribution in [0.1, 0.15) is 35.3 Å². The summed E-state index contributed by atoms with van der Waals surface area (Å²) in [5.41, 5.74) is 3.95. The van der Waals surface area contributed by atoms with Gasteiger partial charge in [-0.25, -0.2) is 0 Å². The van der Waals surface area contributed by atoms with E-state index in [1.807, 2.05) is 43.3 Å². The van der Waals surface area contributed by atoms with Crippen molar-refractivity contribution in [1.82, 2.24) is 0 Å². The van der Waals surface area contributed by atoms with Gasteiger partial charge in [0.15, 0.2) is 0 Å². The van der Waals surface area contributed by atoms with Gasteiger partial charge in [-0.2, -0.15) is 0 Å². The highest BCUT2D eigenvalue weighted by atomic mass is 16.5. The van der Waals surface area contributed by atoms with Crippen molar-refractivity contribution in [3.05, 3.63) is 58.7 Å². The average Bonchev–Trinajstić information content (AvgIpc) is 2.86. The lowest BCUT2D eigenvalue weighted by Crippen LogP contribution is -2.05. The van der Waals surface area contributed by atoms with Crippen LogP contribution >= 0.6 is 0 Å². The van der Waals surface area contributed by atoms with Crippen molar-refractivity contribution in [2.75, 3.05) is 7.11 Å². The van der Waals surface area contributed by atoms with E-state index in [0.29, 0.717) is 0 Å². The quantitative estimate of drug-likeness (QED) is 0.938. The summed E-state index contributed by atoms with van der Waals surface area (Å²) in [6, 6.07) is 11.7. The molecule has 0 aromatic heterocycles. The van der Waals surface area contributed by atoms with Crippen LogP contribution in [0.4, 0.5) is 0 Å². The van der Waals surface area contributed by atoms with Crippen molar-refractivity contribution in [1.29, 1.82) is 0 Å². The van der Waals surface area contributed by atoms with Crippen molar-refractivity contribution >= 4 is 0 Å². The van der Waals surface area contributed by atoms with Gasteiger partial charge in [-0.15, -0.1) is 0 Å². The van der Waals surface area contributed by atoms with Gasteiger partial charge in [-0.05, 0) is 54.3 Å². The minimum absolute atomic E-state index is 0.215. The third-order valence-electron chi connectivity index (χ3n) is 3.98. The maximum absolute atomic E-state index is 10.6. The van der Waals surface area contributed by atoms with Crippen LogP contribution in [0.15, 0.2) is 36.4 Å². The number of aliphatic hydroxyl groups excluding tert-OH is 1. The van der Waals surface area contributed by atoms with Gasteiger partial charge < -0.3 is 14.6 Å². The Kier molecular flexibility index (Phi) is 3.60. The van der Waals surface area contributed by atoms with Crippen molar-refractivity contribution in [2.24, 2.45) is 0 Å². The molecule has 2 atom stereocenters. The summed E-state index contributed by atoms with van der Waals surface area (Å²) in [5, 5.41) is 10.6. The second-order valence-corrected chi connectivity index (χ2v) is 5.63. The molecule has 0 amide bonds. The molecular weight excluding hydrogens is 264 g/mol. The fourth-order valence-corrected chi connectivity index (χ4v) is 2.81. The normalized spacial score (nSPS) is 18.0. The first-order valence-electron chi connectivity index (χ1n) is 7.20. The van der Waals surface area contributed by atoms with Crippen LogP contribution in [0.3, 0.4) is 0 Å². The van der Waals surface area contributed by atoms with Crippen LogP contribution in [0.2, 0.25) is 0 Å². The summed E-state index contributed by atoms with van der Waals surface area (Å²) >= 11 is 0. The number of methoxy groups -OCH3 is 1. The van der Waals surface area contributed by atoms with E-state index in [0.717, 1.165) is 40.2 Å². The zero-order valence-corrected chi connectivity index (χ0v) is 12.6. The Morgan fingerprint density at radius 3 is 2.67 bits per heavy atom. The molecule has 1 heterocycles. The van der Waals surface area contributed by atoms with E-state index in [9.17, 15) is 5.11 Å². The van der Waals surface area contributed by atoms with E-state index in [1.165, 1.54) is 0 Å². The first-order chi connectivity index (χ1) is 10.1. The molecule has 0 radical (unpaired) electrons. The summed E-state index contributed by atoms with van der Waals surface area (Å²) in [5.74, 6) is 1.73. The second kappa shape index (κ2) is 5.41. The minimum Gasteiger partial charge on any atom is -0.496 e. The molecule has 2 aromatic carbocycles. The molecule has 0 aliphatic carbocycles. The van der Waals surface area contributed by atoms with E-state index in [-0.39, 0.29) is 6.10 Å². The Labute approximate surface area is 125 Å². The second-order valence-electron chi connectivity index (χ2n) is 5.63. The van der Waals surface area contributed by atoms with Crippen LogP contribution in [0.5, 0.6) is 11.5 Å². The summed E-state index contributed by atoms with van der Waals surface area (Å²) in [6.45, 7) is 4.05. The number of fused-ring (bicyclic) bond motifs is 1. The van der Waals surface area contributed by atoms with E-state index in [2.05, 4.69) is 6.92 Å². The largest absolute Gasteiger partial charge is 0.496 e. The molecule has 0 fully saturated rings. The van der Waals surface area contributed by atoms with Crippen LogP contribution in [0, 0.1) is 6.92 Å². The maximum atomic E-state index is 10.6. The Balaban J connectivity index is 1.92. The molecule has 2 unspecified atom stereocenters. The number of ether oxygens (including phenoxy) is 2. The summed E-state index contributed by atoms with van der Waals surface area (Å²) < 4.78 is 11.0. The smallest absolute Gasteiger partial charge is 0.123 e. The first-order valence-corrected chi connectivity index (χ1v) is 7.20. The molecule has 1 aliphatic rings. The monoisotopic (exact) mass is 284 g/mol. The molecule has 3 heteroatoms. The van der Waals surface area contributed by atoms with Crippen molar-refractivity contribution in [3.8, 4) is 11.5 Å². The fourth-order valence-electron chi connectivity index (χ4n) is 2.81. The van der Waals surface area contributed by atoms with Gasteiger partial charge in [0.2, 0.25) is 0 Å². The molecule has 1 N–H and O–H groups in total. The van der Waals surface area contributed by atoms with Gasteiger partial charge in [0.25, 0.3) is 0 Å². The SMILES string of the molecule is COc1cc(C(O)c2ccc3c(c2)CC(C)O3)ccc1C. The number of rotatable bonds is 3. The van der Waals surface area contributed by atoms with Gasteiger partial charge in [-0.3, -0.25) is 0 Å². The highest BCUT2D eigenvalue weighted by molar-refractivity contribution is 5.45. The number of aryl methyl sites for hydroxylation is 1. The predicted octanol–water partition coefficient (Wildman–Crippen LogP) is 3.41. The number of hydrogen-bond acceptors (Lipinski definition) is 3. The zero-order chi connectivity index (χ0) is 15.0. The van der Waals surface area contributed by atoms with E-state index in [1.54, 1.807) is 7.11 Å². The topological polar surface area (TPSA) is 38.7 Å². The highest BCUT2D eigenvalue weighted by Crippen LogP contribution is 2.33. The number of hydrogen-bond donors (Lipinski definition) is 1. The predicted molar refractivity (Wildman–Crippen MR) is 82.0 cm³/mol. The van der Waals surface area contributed by atoms with E-state index in [4.69, 9.17) is 9.47 Å². The van der Waals surface area contributed by atoms with Crippen molar-refractivity contribution < 1.29 is 14.6 Å². The Morgan fingerprint density at radius 2 is 1.90 bits per heavy atom. The molecule has 0 bridgehead atoms. The van der Waals surface area contributed by atoms with Crippen molar-refractivity contribution in [3.63, 3.8) is 0 Å². The summed E-state index contributed by atoms with van der Waals surface area (Å²) in [6.07, 6.45) is 0.459. The molecule has 110 valence electrons. The molecule has 1 aliphatic heterocycles. The third kappa shape index (κ3) is 2.61. The molecule has 0 saturated heterocycles. The Hall–Kier alpha value is -2.00. The molecule has 3 rings (SSSR count).